The Morgan fingerprint density at radius 1 is 1.17 bits per heavy atom. The summed E-state index contributed by atoms with van der Waals surface area (Å²) < 4.78 is 2.04. The number of phenolic OH excluding ortho intramolecular Hbond substituents is 1. The number of halogens is 3. The van der Waals surface area contributed by atoms with E-state index in [4.69, 9.17) is 5.73 Å². The molecule has 0 radical (unpaired) electrons. The standard InChI is InChI=1S/C13H17I2NO.ClH/c14-9-6-10(13(17)11(15)7-9)12(16)8-4-2-1-3-5-8;/h6-8,12,17H,1-5,16H2;1H/t12-;/m0./s1. The Labute approximate surface area is 142 Å². The zero-order valence-corrected chi connectivity index (χ0v) is 15.2. The first-order chi connectivity index (χ1) is 8.09. The van der Waals surface area contributed by atoms with Crippen LogP contribution in [-0.2, 0) is 0 Å². The lowest BCUT2D eigenvalue weighted by Gasteiger charge is -2.28. The molecule has 1 aromatic carbocycles. The molecule has 5 heteroatoms. The highest BCUT2D eigenvalue weighted by Crippen LogP contribution is 2.38. The highest BCUT2D eigenvalue weighted by Gasteiger charge is 2.24. The van der Waals surface area contributed by atoms with Crippen molar-refractivity contribution in [3.05, 3.63) is 24.8 Å². The molecule has 18 heavy (non-hydrogen) atoms. The van der Waals surface area contributed by atoms with Gasteiger partial charge in [-0.3, -0.25) is 0 Å². The lowest BCUT2D eigenvalue weighted by atomic mass is 9.81. The van der Waals surface area contributed by atoms with Gasteiger partial charge in [0, 0.05) is 15.2 Å². The Kier molecular flexibility index (Phi) is 6.99. The highest BCUT2D eigenvalue weighted by atomic mass is 127. The number of aromatic hydroxyl groups is 1. The molecule has 1 aliphatic carbocycles. The van der Waals surface area contributed by atoms with E-state index in [1.165, 1.54) is 32.1 Å². The fourth-order valence-corrected chi connectivity index (χ4v) is 4.48. The zero-order chi connectivity index (χ0) is 12.4. The van der Waals surface area contributed by atoms with Crippen LogP contribution in [0.15, 0.2) is 12.1 Å². The van der Waals surface area contributed by atoms with Gasteiger partial charge in [0.25, 0.3) is 0 Å². The van der Waals surface area contributed by atoms with Crippen LogP contribution in [-0.4, -0.2) is 5.11 Å². The number of hydrogen-bond donors (Lipinski definition) is 2. The van der Waals surface area contributed by atoms with E-state index in [2.05, 4.69) is 45.2 Å². The van der Waals surface area contributed by atoms with Gasteiger partial charge in [0.2, 0.25) is 0 Å². The highest BCUT2D eigenvalue weighted by molar-refractivity contribution is 14.1. The van der Waals surface area contributed by atoms with Crippen molar-refractivity contribution in [2.75, 3.05) is 0 Å². The minimum atomic E-state index is -0.0152. The van der Waals surface area contributed by atoms with Crippen LogP contribution in [0.25, 0.3) is 0 Å². The summed E-state index contributed by atoms with van der Waals surface area (Å²) in [6.07, 6.45) is 6.28. The van der Waals surface area contributed by atoms with Gasteiger partial charge in [-0.2, -0.15) is 0 Å². The molecule has 1 aromatic rings. The maximum Gasteiger partial charge on any atom is 0.133 e. The second kappa shape index (κ2) is 7.50. The normalized spacial score (nSPS) is 18.2. The molecule has 0 amide bonds. The summed E-state index contributed by atoms with van der Waals surface area (Å²) in [6, 6.07) is 3.99. The average molecular weight is 494 g/mol. The van der Waals surface area contributed by atoms with Gasteiger partial charge in [0.05, 0.1) is 3.57 Å². The number of rotatable bonds is 2. The molecule has 0 unspecified atom stereocenters. The molecular formula is C13H18ClI2NO. The van der Waals surface area contributed by atoms with Crippen LogP contribution in [0.2, 0.25) is 0 Å². The minimum absolute atomic E-state index is 0. The summed E-state index contributed by atoms with van der Waals surface area (Å²) in [5, 5.41) is 10.1. The van der Waals surface area contributed by atoms with Gasteiger partial charge in [-0.1, -0.05) is 19.3 Å². The van der Waals surface area contributed by atoms with Crippen LogP contribution in [0.3, 0.4) is 0 Å². The fraction of sp³-hybridized carbons (Fsp3) is 0.538. The fourth-order valence-electron chi connectivity index (χ4n) is 2.59. The Morgan fingerprint density at radius 2 is 1.78 bits per heavy atom. The zero-order valence-electron chi connectivity index (χ0n) is 10.0. The van der Waals surface area contributed by atoms with E-state index in [0.717, 1.165) is 12.7 Å². The van der Waals surface area contributed by atoms with Crippen molar-refractivity contribution >= 4 is 57.6 Å². The number of nitrogens with two attached hydrogens (primary N) is 1. The van der Waals surface area contributed by atoms with Gasteiger partial charge in [-0.05, 0) is 76.1 Å². The van der Waals surface area contributed by atoms with E-state index in [-0.39, 0.29) is 18.4 Å². The summed E-state index contributed by atoms with van der Waals surface area (Å²) in [4.78, 5) is 0. The first-order valence-electron chi connectivity index (χ1n) is 6.03. The molecule has 0 aliphatic heterocycles. The second-order valence-electron chi connectivity index (χ2n) is 4.75. The van der Waals surface area contributed by atoms with Gasteiger partial charge < -0.3 is 10.8 Å². The van der Waals surface area contributed by atoms with Crippen LogP contribution in [0, 0.1) is 13.1 Å². The van der Waals surface area contributed by atoms with E-state index in [1.807, 2.05) is 12.1 Å². The topological polar surface area (TPSA) is 46.2 Å². The van der Waals surface area contributed by atoms with Crippen LogP contribution in [0.5, 0.6) is 5.75 Å². The first-order valence-corrected chi connectivity index (χ1v) is 8.19. The van der Waals surface area contributed by atoms with Crippen molar-refractivity contribution in [2.45, 2.75) is 38.1 Å². The predicted octanol–water partition coefficient (Wildman–Crippen LogP) is 4.60. The summed E-state index contributed by atoms with van der Waals surface area (Å²) in [6.45, 7) is 0. The van der Waals surface area contributed by atoms with Crippen molar-refractivity contribution in [1.82, 2.24) is 0 Å². The molecule has 102 valence electrons. The Hall–Kier alpha value is 0.730. The molecule has 2 rings (SSSR count). The molecule has 0 heterocycles. The van der Waals surface area contributed by atoms with Crippen molar-refractivity contribution in [3.8, 4) is 5.75 Å². The van der Waals surface area contributed by atoms with Crippen LogP contribution < -0.4 is 5.73 Å². The van der Waals surface area contributed by atoms with Crippen molar-refractivity contribution < 1.29 is 5.11 Å². The van der Waals surface area contributed by atoms with Gasteiger partial charge >= 0.3 is 0 Å². The monoisotopic (exact) mass is 493 g/mol. The quantitative estimate of drug-likeness (QED) is 0.592. The Balaban J connectivity index is 0.00000162. The van der Waals surface area contributed by atoms with Gasteiger partial charge in [-0.25, -0.2) is 0 Å². The van der Waals surface area contributed by atoms with Crippen molar-refractivity contribution in [2.24, 2.45) is 11.7 Å². The lowest BCUT2D eigenvalue weighted by molar-refractivity contribution is 0.302. The second-order valence-corrected chi connectivity index (χ2v) is 7.16. The maximum absolute atomic E-state index is 10.1. The van der Waals surface area contributed by atoms with E-state index >= 15 is 0 Å². The molecule has 0 saturated heterocycles. The Bertz CT molecular complexity index is 408. The molecule has 0 bridgehead atoms. The van der Waals surface area contributed by atoms with Crippen LogP contribution in [0.1, 0.15) is 43.7 Å². The molecule has 1 atom stereocenters. The molecule has 0 spiro atoms. The first kappa shape index (κ1) is 16.8. The van der Waals surface area contributed by atoms with Crippen LogP contribution >= 0.6 is 57.6 Å². The summed E-state index contributed by atoms with van der Waals surface area (Å²) in [7, 11) is 0. The lowest BCUT2D eigenvalue weighted by Crippen LogP contribution is -2.23. The third-order valence-corrected chi connectivity index (χ3v) is 5.02. The predicted molar refractivity (Wildman–Crippen MR) is 94.3 cm³/mol. The SMILES string of the molecule is Cl.N[C@H](c1cc(I)cc(I)c1O)C1CCCCC1. The molecule has 0 aromatic heterocycles. The Morgan fingerprint density at radius 3 is 2.39 bits per heavy atom. The average Bonchev–Trinajstić information content (AvgIpc) is 2.34. The van der Waals surface area contributed by atoms with Gasteiger partial charge in [-0.15, -0.1) is 12.4 Å². The minimum Gasteiger partial charge on any atom is -0.506 e. The van der Waals surface area contributed by atoms with Crippen molar-refractivity contribution in [1.29, 1.82) is 0 Å². The number of hydrogen-bond acceptors (Lipinski definition) is 2. The third kappa shape index (κ3) is 3.86. The molecular weight excluding hydrogens is 475 g/mol. The van der Waals surface area contributed by atoms with E-state index in [1.54, 1.807) is 0 Å². The molecule has 3 N–H and O–H groups in total. The summed E-state index contributed by atoms with van der Waals surface area (Å²) in [5.41, 5.74) is 7.27. The van der Waals surface area contributed by atoms with Gasteiger partial charge in [0.1, 0.15) is 5.75 Å². The molecule has 2 nitrogen and oxygen atoms in total. The summed E-state index contributed by atoms with van der Waals surface area (Å²) in [5.74, 6) is 0.910. The smallest absolute Gasteiger partial charge is 0.133 e. The van der Waals surface area contributed by atoms with E-state index in [0.29, 0.717) is 11.7 Å². The van der Waals surface area contributed by atoms with E-state index < -0.39 is 0 Å². The maximum atomic E-state index is 10.1. The molecule has 1 aliphatic rings. The molecule has 1 saturated carbocycles. The largest absolute Gasteiger partial charge is 0.506 e. The van der Waals surface area contributed by atoms with Gasteiger partial charge in [0.15, 0.2) is 0 Å². The summed E-state index contributed by atoms with van der Waals surface area (Å²) >= 11 is 4.45. The third-order valence-electron chi connectivity index (χ3n) is 3.57. The van der Waals surface area contributed by atoms with Crippen LogP contribution in [0.4, 0.5) is 0 Å². The number of benzene rings is 1. The number of phenols is 1. The molecule has 1 fully saturated rings. The van der Waals surface area contributed by atoms with E-state index in [9.17, 15) is 5.11 Å². The van der Waals surface area contributed by atoms with Crippen molar-refractivity contribution in [3.63, 3.8) is 0 Å².